The molecule has 0 fully saturated rings. The van der Waals surface area contributed by atoms with Crippen molar-refractivity contribution in [3.8, 4) is 17.6 Å². The fourth-order valence-electron chi connectivity index (χ4n) is 2.35. The second kappa shape index (κ2) is 10.2. The minimum Gasteiger partial charge on any atom is -0.490 e. The number of halogens is 1. The van der Waals surface area contributed by atoms with Crippen LogP contribution in [-0.4, -0.2) is 19.1 Å². The van der Waals surface area contributed by atoms with E-state index in [1.54, 1.807) is 18.2 Å². The first-order chi connectivity index (χ1) is 13.0. The highest BCUT2D eigenvalue weighted by molar-refractivity contribution is 9.10. The van der Waals surface area contributed by atoms with Gasteiger partial charge >= 0.3 is 0 Å². The third-order valence-electron chi connectivity index (χ3n) is 3.59. The van der Waals surface area contributed by atoms with Gasteiger partial charge in [0.25, 0.3) is 5.91 Å². The number of nitrogens with two attached hydrogens (primary N) is 1. The number of para-hydroxylation sites is 1. The summed E-state index contributed by atoms with van der Waals surface area (Å²) in [6.45, 7) is 4.38. The molecule has 138 valence electrons. The molecule has 0 bridgehead atoms. The lowest BCUT2D eigenvalue weighted by molar-refractivity contribution is -0.114. The van der Waals surface area contributed by atoms with Crippen LogP contribution in [0.4, 0.5) is 0 Å². The van der Waals surface area contributed by atoms with Crippen LogP contribution in [-0.2, 0) is 11.2 Å². The fraction of sp³-hybridized carbons (Fsp3) is 0.143. The molecule has 27 heavy (non-hydrogen) atoms. The average Bonchev–Trinajstić information content (AvgIpc) is 2.65. The van der Waals surface area contributed by atoms with Gasteiger partial charge < -0.3 is 15.2 Å². The van der Waals surface area contributed by atoms with Gasteiger partial charge in [-0.15, -0.1) is 6.58 Å². The van der Waals surface area contributed by atoms with E-state index in [4.69, 9.17) is 20.5 Å². The monoisotopic (exact) mass is 426 g/mol. The molecule has 5 nitrogen and oxygen atoms in total. The van der Waals surface area contributed by atoms with Crippen LogP contribution < -0.4 is 15.2 Å². The van der Waals surface area contributed by atoms with Gasteiger partial charge in [-0.1, -0.05) is 40.2 Å². The number of carbonyl (C=O) groups excluding carboxylic acids is 1. The molecule has 2 rings (SSSR count). The van der Waals surface area contributed by atoms with E-state index < -0.39 is 5.91 Å². The summed E-state index contributed by atoms with van der Waals surface area (Å²) in [6, 6.07) is 14.8. The number of primary amides is 1. The molecule has 0 aliphatic carbocycles. The van der Waals surface area contributed by atoms with Gasteiger partial charge in [-0.2, -0.15) is 5.26 Å². The van der Waals surface area contributed by atoms with Gasteiger partial charge in [0.15, 0.2) is 0 Å². The van der Waals surface area contributed by atoms with E-state index in [0.717, 1.165) is 22.2 Å². The fourth-order valence-corrected chi connectivity index (χ4v) is 2.73. The molecule has 2 aromatic carbocycles. The van der Waals surface area contributed by atoms with Crippen molar-refractivity contribution in [3.63, 3.8) is 0 Å². The van der Waals surface area contributed by atoms with Crippen LogP contribution in [0.15, 0.2) is 65.2 Å². The summed E-state index contributed by atoms with van der Waals surface area (Å²) in [5.41, 5.74) is 6.68. The molecule has 0 heterocycles. The molecule has 0 aromatic heterocycles. The first kappa shape index (κ1) is 20.3. The van der Waals surface area contributed by atoms with Crippen molar-refractivity contribution in [2.45, 2.75) is 6.42 Å². The van der Waals surface area contributed by atoms with Crippen molar-refractivity contribution in [2.75, 3.05) is 13.2 Å². The predicted octanol–water partition coefficient (Wildman–Crippen LogP) is 4.03. The SMILES string of the molecule is C=CCc1ccccc1OCCOc1ccc(Br)cc1C=C(C#N)C(N)=O. The maximum atomic E-state index is 11.3. The molecule has 2 N–H and O–H groups in total. The largest absolute Gasteiger partial charge is 0.490 e. The smallest absolute Gasteiger partial charge is 0.259 e. The average molecular weight is 427 g/mol. The van der Waals surface area contributed by atoms with Crippen molar-refractivity contribution in [1.82, 2.24) is 0 Å². The standard InChI is InChI=1S/C21H19BrN2O3/c1-2-5-15-6-3-4-7-19(15)26-10-11-27-20-9-8-18(22)13-16(20)12-17(14-23)21(24)25/h2-4,6-9,12-13H,1,5,10-11H2,(H2,24,25). The first-order valence-electron chi connectivity index (χ1n) is 8.20. The summed E-state index contributed by atoms with van der Waals surface area (Å²) in [5, 5.41) is 9.03. The zero-order valence-corrected chi connectivity index (χ0v) is 16.2. The normalized spacial score (nSPS) is 10.7. The molecule has 0 aliphatic heterocycles. The third kappa shape index (κ3) is 6.01. The number of hydrogen-bond acceptors (Lipinski definition) is 4. The lowest BCUT2D eigenvalue weighted by atomic mass is 10.1. The Labute approximate surface area is 166 Å². The van der Waals surface area contributed by atoms with Crippen LogP contribution >= 0.6 is 15.9 Å². The number of nitrogens with zero attached hydrogens (tertiary/aromatic N) is 1. The van der Waals surface area contributed by atoms with Crippen molar-refractivity contribution >= 4 is 27.9 Å². The molecule has 0 atom stereocenters. The molecule has 0 aliphatic rings. The van der Waals surface area contributed by atoms with Gasteiger partial charge in [0.2, 0.25) is 0 Å². The van der Waals surface area contributed by atoms with Crippen molar-refractivity contribution in [3.05, 3.63) is 76.3 Å². The van der Waals surface area contributed by atoms with Gasteiger partial charge in [0.1, 0.15) is 36.4 Å². The number of carbonyl (C=O) groups is 1. The van der Waals surface area contributed by atoms with E-state index in [2.05, 4.69) is 22.5 Å². The second-order valence-electron chi connectivity index (χ2n) is 5.51. The summed E-state index contributed by atoms with van der Waals surface area (Å²) in [7, 11) is 0. The molecule has 0 unspecified atom stereocenters. The number of rotatable bonds is 9. The molecule has 6 heteroatoms. The molecular formula is C21H19BrN2O3. The molecule has 2 aromatic rings. The summed E-state index contributed by atoms with van der Waals surface area (Å²) < 4.78 is 12.3. The predicted molar refractivity (Wildman–Crippen MR) is 108 cm³/mol. The van der Waals surface area contributed by atoms with Crippen LogP contribution in [0.2, 0.25) is 0 Å². The Morgan fingerprint density at radius 1 is 1.19 bits per heavy atom. The number of hydrogen-bond donors (Lipinski definition) is 1. The van der Waals surface area contributed by atoms with E-state index in [-0.39, 0.29) is 5.57 Å². The summed E-state index contributed by atoms with van der Waals surface area (Å²) >= 11 is 3.36. The molecule has 1 amide bonds. The highest BCUT2D eigenvalue weighted by Gasteiger charge is 2.09. The minimum atomic E-state index is -0.786. The Hall–Kier alpha value is -3.04. The zero-order valence-electron chi connectivity index (χ0n) is 14.7. The number of allylic oxidation sites excluding steroid dienone is 1. The highest BCUT2D eigenvalue weighted by atomic mass is 79.9. The zero-order chi connectivity index (χ0) is 19.6. The molecule has 0 spiro atoms. The maximum absolute atomic E-state index is 11.3. The van der Waals surface area contributed by atoms with Crippen LogP contribution in [0, 0.1) is 11.3 Å². The van der Waals surface area contributed by atoms with Crippen LogP contribution in [0.1, 0.15) is 11.1 Å². The third-order valence-corrected chi connectivity index (χ3v) is 4.09. The molecule has 0 saturated carbocycles. The quantitative estimate of drug-likeness (QED) is 0.284. The van der Waals surface area contributed by atoms with E-state index in [1.807, 2.05) is 36.4 Å². The highest BCUT2D eigenvalue weighted by Crippen LogP contribution is 2.26. The summed E-state index contributed by atoms with van der Waals surface area (Å²) in [6.07, 6.45) is 3.95. The lowest BCUT2D eigenvalue weighted by Gasteiger charge is -2.13. The van der Waals surface area contributed by atoms with E-state index in [9.17, 15) is 4.79 Å². The van der Waals surface area contributed by atoms with Gasteiger partial charge in [-0.3, -0.25) is 4.79 Å². The lowest BCUT2D eigenvalue weighted by Crippen LogP contribution is -2.13. The summed E-state index contributed by atoms with van der Waals surface area (Å²) in [4.78, 5) is 11.3. The van der Waals surface area contributed by atoms with E-state index in [0.29, 0.717) is 24.5 Å². The van der Waals surface area contributed by atoms with E-state index >= 15 is 0 Å². The Morgan fingerprint density at radius 3 is 2.56 bits per heavy atom. The first-order valence-corrected chi connectivity index (χ1v) is 9.00. The topological polar surface area (TPSA) is 85.3 Å². The Bertz CT molecular complexity index is 901. The van der Waals surface area contributed by atoms with Crippen molar-refractivity contribution in [1.29, 1.82) is 5.26 Å². The number of benzene rings is 2. The molecule has 0 saturated heterocycles. The molecule has 0 radical (unpaired) electrons. The second-order valence-corrected chi connectivity index (χ2v) is 6.43. The number of ether oxygens (including phenoxy) is 2. The number of nitriles is 1. The maximum Gasteiger partial charge on any atom is 0.259 e. The van der Waals surface area contributed by atoms with Crippen molar-refractivity contribution < 1.29 is 14.3 Å². The van der Waals surface area contributed by atoms with Gasteiger partial charge in [0.05, 0.1) is 0 Å². The van der Waals surface area contributed by atoms with Crippen LogP contribution in [0.5, 0.6) is 11.5 Å². The van der Waals surface area contributed by atoms with Gasteiger partial charge in [0, 0.05) is 10.0 Å². The van der Waals surface area contributed by atoms with E-state index in [1.165, 1.54) is 6.08 Å². The Balaban J connectivity index is 2.06. The minimum absolute atomic E-state index is 0.146. The Kier molecular flexibility index (Phi) is 7.65. The van der Waals surface area contributed by atoms with Gasteiger partial charge in [-0.05, 0) is 42.3 Å². The number of amides is 1. The summed E-state index contributed by atoms with van der Waals surface area (Å²) in [5.74, 6) is 0.526. The van der Waals surface area contributed by atoms with Crippen molar-refractivity contribution in [2.24, 2.45) is 5.73 Å². The van der Waals surface area contributed by atoms with Crippen LogP contribution in [0.25, 0.3) is 6.08 Å². The Morgan fingerprint density at radius 2 is 1.89 bits per heavy atom. The molecular weight excluding hydrogens is 408 g/mol. The van der Waals surface area contributed by atoms with Crippen LogP contribution in [0.3, 0.4) is 0 Å². The van der Waals surface area contributed by atoms with Gasteiger partial charge in [-0.25, -0.2) is 0 Å².